The van der Waals surface area contributed by atoms with E-state index in [2.05, 4.69) is 0 Å². The third-order valence-electron chi connectivity index (χ3n) is 1.80. The van der Waals surface area contributed by atoms with Crippen LogP contribution in [0.25, 0.3) is 0 Å². The lowest BCUT2D eigenvalue weighted by atomic mass is 10.0. The van der Waals surface area contributed by atoms with Crippen LogP contribution in [0.1, 0.15) is 19.3 Å². The molecule has 10 heavy (non-hydrogen) atoms. The molecular formula is C6H8O4. The highest BCUT2D eigenvalue weighted by atomic mass is 16.4. The Hall–Kier alpha value is -1.06. The lowest BCUT2D eigenvalue weighted by Crippen LogP contribution is -2.18. The van der Waals surface area contributed by atoms with Crippen molar-refractivity contribution in [2.75, 3.05) is 0 Å². The van der Waals surface area contributed by atoms with Crippen molar-refractivity contribution in [1.82, 2.24) is 0 Å². The molecule has 0 bridgehead atoms. The summed E-state index contributed by atoms with van der Waals surface area (Å²) in [5.74, 6) is -2.00. The van der Waals surface area contributed by atoms with Crippen LogP contribution < -0.4 is 0 Å². The fourth-order valence-electron chi connectivity index (χ4n) is 0.907. The monoisotopic (exact) mass is 144 g/mol. The van der Waals surface area contributed by atoms with Gasteiger partial charge in [0.25, 0.3) is 0 Å². The molecule has 0 spiro atoms. The number of carboxylic acids is 2. The number of hydrogen-bond acceptors (Lipinski definition) is 2. The zero-order valence-corrected chi connectivity index (χ0v) is 5.33. The lowest BCUT2D eigenvalue weighted by molar-refractivity contribution is -0.149. The molecule has 0 saturated heterocycles. The van der Waals surface area contributed by atoms with Crippen molar-refractivity contribution in [1.29, 1.82) is 0 Å². The quantitative estimate of drug-likeness (QED) is 0.598. The Morgan fingerprint density at radius 1 is 1.30 bits per heavy atom. The van der Waals surface area contributed by atoms with E-state index in [1.165, 1.54) is 0 Å². The molecule has 0 aliphatic heterocycles. The molecule has 0 aromatic heterocycles. The van der Waals surface area contributed by atoms with Gasteiger partial charge < -0.3 is 10.2 Å². The molecule has 4 nitrogen and oxygen atoms in total. The molecule has 1 aliphatic carbocycles. The molecule has 0 amide bonds. The van der Waals surface area contributed by atoms with Gasteiger partial charge >= 0.3 is 11.9 Å². The van der Waals surface area contributed by atoms with Crippen LogP contribution in [-0.4, -0.2) is 22.2 Å². The van der Waals surface area contributed by atoms with Gasteiger partial charge in [0.15, 0.2) is 0 Å². The van der Waals surface area contributed by atoms with E-state index in [1.54, 1.807) is 0 Å². The van der Waals surface area contributed by atoms with Crippen LogP contribution in [0, 0.1) is 5.41 Å². The van der Waals surface area contributed by atoms with Crippen molar-refractivity contribution in [2.24, 2.45) is 5.41 Å². The molecule has 1 fully saturated rings. The highest BCUT2D eigenvalue weighted by Crippen LogP contribution is 2.48. The van der Waals surface area contributed by atoms with Crippen molar-refractivity contribution >= 4 is 11.9 Å². The summed E-state index contributed by atoms with van der Waals surface area (Å²) in [6.45, 7) is 0. The maximum atomic E-state index is 10.4. The molecular weight excluding hydrogens is 136 g/mol. The van der Waals surface area contributed by atoms with E-state index in [1.807, 2.05) is 0 Å². The first-order valence-corrected chi connectivity index (χ1v) is 3.02. The number of rotatable bonds is 3. The van der Waals surface area contributed by atoms with Crippen LogP contribution in [0.2, 0.25) is 0 Å². The molecule has 1 rings (SSSR count). The minimum atomic E-state index is -1.03. The first kappa shape index (κ1) is 7.05. The smallest absolute Gasteiger partial charge is 0.310 e. The Balaban J connectivity index is 2.53. The Bertz CT molecular complexity index is 180. The van der Waals surface area contributed by atoms with E-state index < -0.39 is 17.4 Å². The van der Waals surface area contributed by atoms with E-state index in [0.29, 0.717) is 12.8 Å². The van der Waals surface area contributed by atoms with E-state index in [-0.39, 0.29) is 6.42 Å². The number of carboxylic acid groups (broad SMARTS) is 2. The Kier molecular flexibility index (Phi) is 1.39. The Morgan fingerprint density at radius 2 is 1.80 bits per heavy atom. The Morgan fingerprint density at radius 3 is 1.90 bits per heavy atom. The van der Waals surface area contributed by atoms with Crippen molar-refractivity contribution in [3.63, 3.8) is 0 Å². The van der Waals surface area contributed by atoms with Crippen LogP contribution in [0.3, 0.4) is 0 Å². The van der Waals surface area contributed by atoms with Gasteiger partial charge in [-0.2, -0.15) is 0 Å². The second-order valence-electron chi connectivity index (χ2n) is 2.66. The second-order valence-corrected chi connectivity index (χ2v) is 2.66. The van der Waals surface area contributed by atoms with Crippen LogP contribution >= 0.6 is 0 Å². The van der Waals surface area contributed by atoms with Gasteiger partial charge in [0.05, 0.1) is 11.8 Å². The topological polar surface area (TPSA) is 74.6 Å². The largest absolute Gasteiger partial charge is 0.481 e. The Labute approximate surface area is 57.5 Å². The average molecular weight is 144 g/mol. The van der Waals surface area contributed by atoms with Crippen molar-refractivity contribution in [3.05, 3.63) is 0 Å². The average Bonchev–Trinajstić information content (AvgIpc) is 2.46. The zero-order valence-electron chi connectivity index (χ0n) is 5.33. The standard InChI is InChI=1S/C6H8O4/c7-4(8)3-6(1-2-6)5(9)10/h1-3H2,(H,7,8)(H,9,10). The SMILES string of the molecule is O=C(O)CC1(C(=O)O)CC1. The molecule has 1 saturated carbocycles. The minimum Gasteiger partial charge on any atom is -0.481 e. The normalized spacial score (nSPS) is 20.0. The summed E-state index contributed by atoms with van der Waals surface area (Å²) in [5, 5.41) is 16.8. The summed E-state index contributed by atoms with van der Waals surface area (Å²) >= 11 is 0. The number of hydrogen-bond donors (Lipinski definition) is 2. The van der Waals surface area contributed by atoms with Crippen LogP contribution in [0.15, 0.2) is 0 Å². The fourth-order valence-corrected chi connectivity index (χ4v) is 0.907. The highest BCUT2D eigenvalue weighted by Gasteiger charge is 2.51. The molecule has 0 aromatic rings. The van der Waals surface area contributed by atoms with Gasteiger partial charge in [-0.25, -0.2) is 0 Å². The van der Waals surface area contributed by atoms with Gasteiger partial charge in [-0.3, -0.25) is 9.59 Å². The zero-order chi connectivity index (χ0) is 7.78. The van der Waals surface area contributed by atoms with Gasteiger partial charge in [0.2, 0.25) is 0 Å². The van der Waals surface area contributed by atoms with E-state index in [9.17, 15) is 9.59 Å². The van der Waals surface area contributed by atoms with Gasteiger partial charge in [-0.15, -0.1) is 0 Å². The van der Waals surface area contributed by atoms with Gasteiger partial charge in [0, 0.05) is 0 Å². The van der Waals surface area contributed by atoms with E-state index in [4.69, 9.17) is 10.2 Å². The summed E-state index contributed by atoms with van der Waals surface area (Å²) in [7, 11) is 0. The fraction of sp³-hybridized carbons (Fsp3) is 0.667. The molecule has 56 valence electrons. The molecule has 0 atom stereocenters. The van der Waals surface area contributed by atoms with Crippen LogP contribution in [0.4, 0.5) is 0 Å². The highest BCUT2D eigenvalue weighted by molar-refractivity contribution is 5.83. The lowest BCUT2D eigenvalue weighted by Gasteiger charge is -2.03. The van der Waals surface area contributed by atoms with E-state index >= 15 is 0 Å². The third kappa shape index (κ3) is 1.10. The van der Waals surface area contributed by atoms with Crippen molar-refractivity contribution in [3.8, 4) is 0 Å². The van der Waals surface area contributed by atoms with Crippen molar-refractivity contribution in [2.45, 2.75) is 19.3 Å². The minimum absolute atomic E-state index is 0.234. The van der Waals surface area contributed by atoms with Crippen molar-refractivity contribution < 1.29 is 19.8 Å². The maximum Gasteiger partial charge on any atom is 0.310 e. The predicted octanol–water partition coefficient (Wildman–Crippen LogP) is 0.326. The molecule has 0 radical (unpaired) electrons. The summed E-state index contributed by atoms with van der Waals surface area (Å²) in [6, 6.07) is 0. The summed E-state index contributed by atoms with van der Waals surface area (Å²) in [5.41, 5.74) is -0.911. The summed E-state index contributed by atoms with van der Waals surface area (Å²) < 4.78 is 0. The molecule has 2 N–H and O–H groups in total. The molecule has 4 heteroatoms. The predicted molar refractivity (Wildman–Crippen MR) is 31.6 cm³/mol. The summed E-state index contributed by atoms with van der Waals surface area (Å²) in [6.07, 6.45) is 0.783. The maximum absolute atomic E-state index is 10.4. The van der Waals surface area contributed by atoms with Crippen LogP contribution in [-0.2, 0) is 9.59 Å². The molecule has 1 aliphatic rings. The first-order chi connectivity index (χ1) is 4.57. The number of aliphatic carboxylic acids is 2. The third-order valence-corrected chi connectivity index (χ3v) is 1.80. The second kappa shape index (κ2) is 1.97. The number of carbonyl (C=O) groups is 2. The first-order valence-electron chi connectivity index (χ1n) is 3.02. The van der Waals surface area contributed by atoms with E-state index in [0.717, 1.165) is 0 Å². The van der Waals surface area contributed by atoms with Gasteiger partial charge in [0.1, 0.15) is 0 Å². The van der Waals surface area contributed by atoms with Gasteiger partial charge in [-0.05, 0) is 12.8 Å². The summed E-state index contributed by atoms with van der Waals surface area (Å²) in [4.78, 5) is 20.5. The molecule has 0 aromatic carbocycles. The molecule has 0 heterocycles. The van der Waals surface area contributed by atoms with Gasteiger partial charge in [-0.1, -0.05) is 0 Å². The van der Waals surface area contributed by atoms with Crippen LogP contribution in [0.5, 0.6) is 0 Å². The molecule has 0 unspecified atom stereocenters.